The Bertz CT molecular complexity index is 1130. The van der Waals surface area contributed by atoms with Crippen molar-refractivity contribution in [1.29, 1.82) is 0 Å². The van der Waals surface area contributed by atoms with Crippen LogP contribution in [0, 0.1) is 0 Å². The minimum Gasteiger partial charge on any atom is -0.444 e. The molecule has 0 fully saturated rings. The molecule has 208 valence electrons. The summed E-state index contributed by atoms with van der Waals surface area (Å²) in [6.45, 7) is 6.96. The number of nitrogens with zero attached hydrogens (tertiary/aromatic N) is 3. The summed E-state index contributed by atoms with van der Waals surface area (Å²) in [4.78, 5) is 30.7. The van der Waals surface area contributed by atoms with Crippen molar-refractivity contribution in [1.82, 2.24) is 14.7 Å². The average molecular weight is 535 g/mol. The van der Waals surface area contributed by atoms with Crippen LogP contribution in [0.2, 0.25) is 0 Å². The van der Waals surface area contributed by atoms with Gasteiger partial charge in [-0.05, 0) is 70.1 Å². The molecule has 38 heavy (non-hydrogen) atoms. The summed E-state index contributed by atoms with van der Waals surface area (Å²) in [7, 11) is 3.70. The number of hydrogen-bond acceptors (Lipinski definition) is 5. The third kappa shape index (κ3) is 8.11. The maximum Gasteiger partial charge on any atom is 0.416 e. The second-order valence-electron chi connectivity index (χ2n) is 10.7. The van der Waals surface area contributed by atoms with Crippen LogP contribution in [0.4, 0.5) is 23.7 Å². The third-order valence-electron chi connectivity index (χ3n) is 6.20. The summed E-state index contributed by atoms with van der Waals surface area (Å²) in [6, 6.07) is 11.0. The van der Waals surface area contributed by atoms with Gasteiger partial charge in [0.2, 0.25) is 5.91 Å². The van der Waals surface area contributed by atoms with Gasteiger partial charge in [0, 0.05) is 38.4 Å². The van der Waals surface area contributed by atoms with Gasteiger partial charge in [-0.25, -0.2) is 4.79 Å². The largest absolute Gasteiger partial charge is 0.444 e. The molecule has 2 amide bonds. The maximum atomic E-state index is 13.5. The molecule has 0 saturated heterocycles. The molecular formula is C28H37F3N4O3. The highest BCUT2D eigenvalue weighted by atomic mass is 19.4. The van der Waals surface area contributed by atoms with Crippen LogP contribution in [0.1, 0.15) is 43.0 Å². The van der Waals surface area contributed by atoms with Gasteiger partial charge in [-0.15, -0.1) is 0 Å². The van der Waals surface area contributed by atoms with Crippen molar-refractivity contribution in [3.05, 3.63) is 64.7 Å². The lowest BCUT2D eigenvalue weighted by molar-refractivity contribution is -0.139. The summed E-state index contributed by atoms with van der Waals surface area (Å²) in [6.07, 6.45) is -4.27. The number of benzene rings is 2. The van der Waals surface area contributed by atoms with Crippen LogP contribution in [0.3, 0.4) is 0 Å². The standard InChI is InChI=1S/C28H37F3N4O3/c1-27(2,3)38-26(37)35-14-13-22-20(18-35)10-8-12-24(22)32-17-25(36)34(16-15-33(4)5)19-21-9-6-7-11-23(21)28(29,30)31/h6-12,32H,13-19H2,1-5H3. The molecule has 1 aliphatic rings. The van der Waals surface area contributed by atoms with E-state index >= 15 is 0 Å². The van der Waals surface area contributed by atoms with Crippen molar-refractivity contribution in [3.8, 4) is 0 Å². The zero-order chi connectivity index (χ0) is 28.1. The van der Waals surface area contributed by atoms with E-state index in [-0.39, 0.29) is 37.2 Å². The summed E-state index contributed by atoms with van der Waals surface area (Å²) in [5.74, 6) is -0.298. The van der Waals surface area contributed by atoms with Crippen LogP contribution in [0.25, 0.3) is 0 Å². The number of likely N-dealkylation sites (N-methyl/N-ethyl adjacent to an activating group) is 1. The number of hydrogen-bond donors (Lipinski definition) is 1. The highest BCUT2D eigenvalue weighted by Gasteiger charge is 2.33. The van der Waals surface area contributed by atoms with Crippen molar-refractivity contribution in [2.24, 2.45) is 0 Å². The Morgan fingerprint density at radius 1 is 1.03 bits per heavy atom. The summed E-state index contributed by atoms with van der Waals surface area (Å²) < 4.78 is 46.1. The van der Waals surface area contributed by atoms with E-state index in [0.717, 1.165) is 22.9 Å². The van der Waals surface area contributed by atoms with E-state index in [0.29, 0.717) is 26.1 Å². The first-order chi connectivity index (χ1) is 17.7. The first-order valence-corrected chi connectivity index (χ1v) is 12.6. The number of alkyl halides is 3. The smallest absolute Gasteiger partial charge is 0.416 e. The normalized spacial score (nSPS) is 13.8. The van der Waals surface area contributed by atoms with Crippen LogP contribution in [-0.2, 0) is 35.2 Å². The first kappa shape index (κ1) is 29.3. The molecule has 0 atom stereocenters. The number of nitrogens with one attached hydrogen (secondary N) is 1. The highest BCUT2D eigenvalue weighted by molar-refractivity contribution is 5.81. The molecule has 0 aromatic heterocycles. The van der Waals surface area contributed by atoms with Gasteiger partial charge in [-0.3, -0.25) is 4.79 Å². The molecule has 0 spiro atoms. The fraction of sp³-hybridized carbons (Fsp3) is 0.500. The Hall–Kier alpha value is -3.27. The molecule has 2 aromatic rings. The molecular weight excluding hydrogens is 497 g/mol. The zero-order valence-electron chi connectivity index (χ0n) is 22.7. The Labute approximate surface area is 222 Å². The van der Waals surface area contributed by atoms with Crippen molar-refractivity contribution in [3.63, 3.8) is 0 Å². The van der Waals surface area contributed by atoms with E-state index in [1.165, 1.54) is 17.0 Å². The number of anilines is 1. The molecule has 0 saturated carbocycles. The van der Waals surface area contributed by atoms with E-state index < -0.39 is 17.3 Å². The van der Waals surface area contributed by atoms with E-state index in [9.17, 15) is 22.8 Å². The SMILES string of the molecule is CN(C)CCN(Cc1ccccc1C(F)(F)F)C(=O)CNc1cccc2c1CCN(C(=O)OC(C)(C)C)C2. The third-order valence-corrected chi connectivity index (χ3v) is 6.20. The minimum absolute atomic E-state index is 0.0615. The summed E-state index contributed by atoms with van der Waals surface area (Å²) in [5.41, 5.74) is 1.50. The lowest BCUT2D eigenvalue weighted by atomic mass is 9.98. The van der Waals surface area contributed by atoms with Gasteiger partial charge in [0.05, 0.1) is 12.1 Å². The second kappa shape index (κ2) is 12.1. The predicted octanol–water partition coefficient (Wildman–Crippen LogP) is 5.00. The van der Waals surface area contributed by atoms with Gasteiger partial charge >= 0.3 is 12.3 Å². The number of fused-ring (bicyclic) bond motifs is 1. The van der Waals surface area contributed by atoms with Gasteiger partial charge in [0.25, 0.3) is 0 Å². The van der Waals surface area contributed by atoms with Crippen molar-refractivity contribution in [2.75, 3.05) is 45.6 Å². The highest BCUT2D eigenvalue weighted by Crippen LogP contribution is 2.32. The molecule has 7 nitrogen and oxygen atoms in total. The van der Waals surface area contributed by atoms with E-state index in [4.69, 9.17) is 4.74 Å². The molecule has 0 aliphatic carbocycles. The van der Waals surface area contributed by atoms with Crippen LogP contribution < -0.4 is 5.32 Å². The molecule has 0 unspecified atom stereocenters. The van der Waals surface area contributed by atoms with Gasteiger partial charge in [-0.2, -0.15) is 13.2 Å². The van der Waals surface area contributed by atoms with Crippen molar-refractivity contribution in [2.45, 2.75) is 52.1 Å². The Morgan fingerprint density at radius 2 is 1.74 bits per heavy atom. The van der Waals surface area contributed by atoms with E-state index in [1.54, 1.807) is 11.0 Å². The minimum atomic E-state index is -4.50. The van der Waals surface area contributed by atoms with E-state index in [2.05, 4.69) is 5.32 Å². The van der Waals surface area contributed by atoms with Crippen LogP contribution in [0.5, 0.6) is 0 Å². The first-order valence-electron chi connectivity index (χ1n) is 12.6. The number of carbonyl (C=O) groups excluding carboxylic acids is 2. The lowest BCUT2D eigenvalue weighted by Gasteiger charge is -2.32. The zero-order valence-corrected chi connectivity index (χ0v) is 22.7. The van der Waals surface area contributed by atoms with Gasteiger partial charge in [0.15, 0.2) is 0 Å². The summed E-state index contributed by atoms with van der Waals surface area (Å²) in [5, 5.41) is 3.19. The quantitative estimate of drug-likeness (QED) is 0.517. The molecule has 10 heteroatoms. The number of rotatable bonds is 8. The Morgan fingerprint density at radius 3 is 2.39 bits per heavy atom. The molecule has 0 bridgehead atoms. The number of ether oxygens (including phenoxy) is 1. The molecule has 1 N–H and O–H groups in total. The fourth-order valence-electron chi connectivity index (χ4n) is 4.29. The topological polar surface area (TPSA) is 65.1 Å². The van der Waals surface area contributed by atoms with E-state index in [1.807, 2.05) is 58.0 Å². The molecule has 0 radical (unpaired) electrons. The number of carbonyl (C=O) groups is 2. The van der Waals surface area contributed by atoms with Gasteiger partial charge < -0.3 is 24.8 Å². The fourth-order valence-corrected chi connectivity index (χ4v) is 4.29. The maximum absolute atomic E-state index is 13.5. The predicted molar refractivity (Wildman–Crippen MR) is 141 cm³/mol. The van der Waals surface area contributed by atoms with Crippen LogP contribution in [-0.4, -0.2) is 72.6 Å². The van der Waals surface area contributed by atoms with Crippen LogP contribution >= 0.6 is 0 Å². The molecule has 1 aliphatic heterocycles. The molecule has 1 heterocycles. The van der Waals surface area contributed by atoms with Gasteiger partial charge in [-0.1, -0.05) is 30.3 Å². The Kier molecular flexibility index (Phi) is 9.30. The summed E-state index contributed by atoms with van der Waals surface area (Å²) >= 11 is 0. The lowest BCUT2D eigenvalue weighted by Crippen LogP contribution is -2.41. The van der Waals surface area contributed by atoms with Crippen molar-refractivity contribution >= 4 is 17.7 Å². The molecule has 3 rings (SSSR count). The number of amides is 2. The second-order valence-corrected chi connectivity index (χ2v) is 10.7. The van der Waals surface area contributed by atoms with Crippen LogP contribution in [0.15, 0.2) is 42.5 Å². The molecule has 2 aromatic carbocycles. The average Bonchev–Trinajstić information content (AvgIpc) is 2.83. The monoisotopic (exact) mass is 534 g/mol. The van der Waals surface area contributed by atoms with Crippen molar-refractivity contribution < 1.29 is 27.5 Å². The van der Waals surface area contributed by atoms with Gasteiger partial charge in [0.1, 0.15) is 5.60 Å². The number of halogens is 3. The Balaban J connectivity index is 1.71.